The highest BCUT2D eigenvalue weighted by molar-refractivity contribution is 14.0. The van der Waals surface area contributed by atoms with Crippen LogP contribution in [0.25, 0.3) is 0 Å². The van der Waals surface area contributed by atoms with Gasteiger partial charge in [0.15, 0.2) is 5.96 Å². The van der Waals surface area contributed by atoms with Crippen LogP contribution in [0.3, 0.4) is 0 Å². The molecule has 1 unspecified atom stereocenters. The minimum Gasteiger partial charge on any atom is -0.357 e. The Labute approximate surface area is 160 Å². The molecule has 1 atom stereocenters. The Kier molecular flexibility index (Phi) is 13.2. The van der Waals surface area contributed by atoms with Gasteiger partial charge in [0.05, 0.1) is 0 Å². The van der Waals surface area contributed by atoms with Gasteiger partial charge in [0.25, 0.3) is 0 Å². The zero-order chi connectivity index (χ0) is 16.4. The van der Waals surface area contributed by atoms with Crippen molar-refractivity contribution in [3.8, 4) is 0 Å². The van der Waals surface area contributed by atoms with Crippen molar-refractivity contribution in [3.63, 3.8) is 0 Å². The molecule has 23 heavy (non-hydrogen) atoms. The molecular formula is C17H38IN5. The van der Waals surface area contributed by atoms with Crippen LogP contribution in [0.4, 0.5) is 0 Å². The van der Waals surface area contributed by atoms with Crippen molar-refractivity contribution < 1.29 is 0 Å². The lowest BCUT2D eigenvalue weighted by molar-refractivity contribution is 0.275. The molecule has 1 saturated heterocycles. The Balaban J connectivity index is 0.00000484. The molecule has 0 radical (unpaired) electrons. The number of hydrogen-bond donors (Lipinski definition) is 2. The predicted octanol–water partition coefficient (Wildman–Crippen LogP) is 2.23. The van der Waals surface area contributed by atoms with Crippen LogP contribution in [0.2, 0.25) is 0 Å². The number of hydrogen-bond acceptors (Lipinski definition) is 3. The molecule has 1 heterocycles. The molecule has 6 heteroatoms. The fourth-order valence-electron chi connectivity index (χ4n) is 2.51. The van der Waals surface area contributed by atoms with Gasteiger partial charge < -0.3 is 20.4 Å². The fourth-order valence-corrected chi connectivity index (χ4v) is 2.51. The number of nitrogens with one attached hydrogen (secondary N) is 2. The van der Waals surface area contributed by atoms with Crippen LogP contribution in [0.15, 0.2) is 4.99 Å². The predicted molar refractivity (Wildman–Crippen MR) is 112 cm³/mol. The molecule has 0 aliphatic carbocycles. The van der Waals surface area contributed by atoms with Crippen molar-refractivity contribution in [1.82, 2.24) is 20.4 Å². The third-order valence-electron chi connectivity index (χ3n) is 4.42. The number of guanidine groups is 1. The van der Waals surface area contributed by atoms with Gasteiger partial charge in [0, 0.05) is 32.2 Å². The number of likely N-dealkylation sites (N-methyl/N-ethyl adjacent to an activating group) is 1. The van der Waals surface area contributed by atoms with E-state index in [0.29, 0.717) is 12.0 Å². The van der Waals surface area contributed by atoms with E-state index in [1.54, 1.807) is 0 Å². The normalized spacial score (nSPS) is 19.1. The first kappa shape index (κ1) is 22.9. The summed E-state index contributed by atoms with van der Waals surface area (Å²) in [4.78, 5) is 9.72. The SMILES string of the molecule is CCNC(=NCCCN1CCCN(C)CC1)NC(C)C(C)C.I. The highest BCUT2D eigenvalue weighted by Crippen LogP contribution is 2.02. The Morgan fingerprint density at radius 1 is 1.13 bits per heavy atom. The van der Waals surface area contributed by atoms with Crippen LogP contribution < -0.4 is 10.6 Å². The third kappa shape index (κ3) is 10.4. The molecule has 0 aromatic rings. The van der Waals surface area contributed by atoms with Crippen molar-refractivity contribution in [3.05, 3.63) is 0 Å². The standard InChI is InChI=1S/C17H37N5.HI/c1-6-18-17(20-16(4)15(2)3)19-9-7-11-22-12-8-10-21(5)13-14-22;/h15-16H,6-14H2,1-5H3,(H2,18,19,20);1H. The molecule has 1 aliphatic heterocycles. The van der Waals surface area contributed by atoms with Gasteiger partial charge in [-0.15, -0.1) is 24.0 Å². The highest BCUT2D eigenvalue weighted by Gasteiger charge is 2.11. The van der Waals surface area contributed by atoms with Crippen LogP contribution in [0, 0.1) is 5.92 Å². The second kappa shape index (κ2) is 13.2. The lowest BCUT2D eigenvalue weighted by atomic mass is 10.1. The summed E-state index contributed by atoms with van der Waals surface area (Å²) in [6.45, 7) is 16.6. The van der Waals surface area contributed by atoms with Gasteiger partial charge in [-0.2, -0.15) is 0 Å². The van der Waals surface area contributed by atoms with Crippen LogP contribution in [0.5, 0.6) is 0 Å². The van der Waals surface area contributed by atoms with Crippen LogP contribution in [0.1, 0.15) is 40.5 Å². The number of nitrogens with zero attached hydrogens (tertiary/aromatic N) is 3. The highest BCUT2D eigenvalue weighted by atomic mass is 127. The molecule has 0 aromatic carbocycles. The van der Waals surface area contributed by atoms with Crippen LogP contribution in [-0.2, 0) is 0 Å². The number of halogens is 1. The molecule has 0 bridgehead atoms. The van der Waals surface area contributed by atoms with E-state index in [0.717, 1.165) is 32.0 Å². The van der Waals surface area contributed by atoms with E-state index >= 15 is 0 Å². The first-order valence-electron chi connectivity index (χ1n) is 8.98. The largest absolute Gasteiger partial charge is 0.357 e. The van der Waals surface area contributed by atoms with E-state index < -0.39 is 0 Å². The topological polar surface area (TPSA) is 42.9 Å². The van der Waals surface area contributed by atoms with Gasteiger partial charge in [-0.3, -0.25) is 4.99 Å². The summed E-state index contributed by atoms with van der Waals surface area (Å²) < 4.78 is 0. The van der Waals surface area contributed by atoms with Gasteiger partial charge in [-0.05, 0) is 59.3 Å². The summed E-state index contributed by atoms with van der Waals surface area (Å²) in [5.74, 6) is 1.57. The summed E-state index contributed by atoms with van der Waals surface area (Å²) in [5, 5.41) is 6.83. The monoisotopic (exact) mass is 439 g/mol. The summed E-state index contributed by atoms with van der Waals surface area (Å²) in [6, 6.07) is 0.443. The summed E-state index contributed by atoms with van der Waals surface area (Å²) >= 11 is 0. The average Bonchev–Trinajstić information content (AvgIpc) is 2.68. The Bertz CT molecular complexity index is 322. The maximum Gasteiger partial charge on any atom is 0.191 e. The molecule has 0 amide bonds. The van der Waals surface area contributed by atoms with Gasteiger partial charge >= 0.3 is 0 Å². The molecule has 1 rings (SSSR count). The zero-order valence-corrected chi connectivity index (χ0v) is 18.1. The van der Waals surface area contributed by atoms with Crippen molar-refractivity contribution in [1.29, 1.82) is 0 Å². The molecule has 138 valence electrons. The molecule has 2 N–H and O–H groups in total. The van der Waals surface area contributed by atoms with Crippen molar-refractivity contribution in [2.45, 2.75) is 46.6 Å². The van der Waals surface area contributed by atoms with Gasteiger partial charge in [0.2, 0.25) is 0 Å². The first-order chi connectivity index (χ1) is 10.5. The third-order valence-corrected chi connectivity index (χ3v) is 4.42. The van der Waals surface area contributed by atoms with Gasteiger partial charge in [0.1, 0.15) is 0 Å². The maximum absolute atomic E-state index is 4.72. The van der Waals surface area contributed by atoms with E-state index in [1.807, 2.05) is 0 Å². The van der Waals surface area contributed by atoms with Crippen molar-refractivity contribution >= 4 is 29.9 Å². The minimum absolute atomic E-state index is 0. The van der Waals surface area contributed by atoms with E-state index in [2.05, 4.69) is 55.2 Å². The van der Waals surface area contributed by atoms with Crippen molar-refractivity contribution in [2.24, 2.45) is 10.9 Å². The Hall–Kier alpha value is -0.0800. The Morgan fingerprint density at radius 3 is 2.52 bits per heavy atom. The summed E-state index contributed by atoms with van der Waals surface area (Å²) in [7, 11) is 2.22. The fraction of sp³-hybridized carbons (Fsp3) is 0.941. The number of aliphatic imine (C=N–C) groups is 1. The molecular weight excluding hydrogens is 401 g/mol. The van der Waals surface area contributed by atoms with Crippen LogP contribution in [-0.4, -0.2) is 74.7 Å². The van der Waals surface area contributed by atoms with E-state index in [4.69, 9.17) is 4.99 Å². The average molecular weight is 439 g/mol. The zero-order valence-electron chi connectivity index (χ0n) is 15.8. The van der Waals surface area contributed by atoms with Crippen molar-refractivity contribution in [2.75, 3.05) is 52.9 Å². The maximum atomic E-state index is 4.72. The van der Waals surface area contributed by atoms with Gasteiger partial charge in [-0.1, -0.05) is 13.8 Å². The molecule has 0 aromatic heterocycles. The number of rotatable bonds is 7. The van der Waals surface area contributed by atoms with E-state index in [1.165, 1.54) is 32.6 Å². The first-order valence-corrected chi connectivity index (χ1v) is 8.98. The van der Waals surface area contributed by atoms with E-state index in [9.17, 15) is 0 Å². The lowest BCUT2D eigenvalue weighted by Gasteiger charge is -2.21. The molecule has 0 spiro atoms. The molecule has 0 saturated carbocycles. The van der Waals surface area contributed by atoms with E-state index in [-0.39, 0.29) is 24.0 Å². The smallest absolute Gasteiger partial charge is 0.191 e. The minimum atomic E-state index is 0. The molecule has 1 fully saturated rings. The second-order valence-electron chi connectivity index (χ2n) is 6.79. The molecule has 1 aliphatic rings. The second-order valence-corrected chi connectivity index (χ2v) is 6.79. The molecule has 5 nitrogen and oxygen atoms in total. The lowest BCUT2D eigenvalue weighted by Crippen LogP contribution is -2.44. The van der Waals surface area contributed by atoms with Gasteiger partial charge in [-0.25, -0.2) is 0 Å². The van der Waals surface area contributed by atoms with Crippen LogP contribution >= 0.6 is 24.0 Å². The summed E-state index contributed by atoms with van der Waals surface area (Å²) in [6.07, 6.45) is 2.42. The summed E-state index contributed by atoms with van der Waals surface area (Å²) in [5.41, 5.74) is 0. The quantitative estimate of drug-likeness (QED) is 0.276. The Morgan fingerprint density at radius 2 is 1.87 bits per heavy atom.